The second kappa shape index (κ2) is 10.3. The van der Waals surface area contributed by atoms with Crippen molar-refractivity contribution in [1.82, 2.24) is 4.90 Å². The van der Waals surface area contributed by atoms with E-state index in [4.69, 9.17) is 9.47 Å². The van der Waals surface area contributed by atoms with Crippen molar-refractivity contribution in [1.29, 1.82) is 0 Å². The second-order valence-electron chi connectivity index (χ2n) is 6.17. The Morgan fingerprint density at radius 2 is 1.87 bits per heavy atom. The molecule has 1 heterocycles. The number of amides is 1. The maximum Gasteiger partial charge on any atom is 0.266 e. The van der Waals surface area contributed by atoms with Crippen molar-refractivity contribution in [3.05, 3.63) is 68.5 Å². The molecule has 0 radical (unpaired) electrons. The van der Waals surface area contributed by atoms with E-state index in [1.165, 1.54) is 11.8 Å². The number of benzene rings is 2. The molecule has 2 aromatic carbocycles. The van der Waals surface area contributed by atoms with Crippen molar-refractivity contribution >= 4 is 66.5 Å². The highest BCUT2D eigenvalue weighted by atomic mass is 79.9. The Bertz CT molecular complexity index is 997. The number of halogens is 2. The van der Waals surface area contributed by atoms with Crippen molar-refractivity contribution < 1.29 is 14.3 Å². The SMILES string of the molecule is C=CCOc1c(Br)cc(/C=C2\SC(=Nc3ccc(OC)cc3)N(CC)C2=O)cc1Br. The molecule has 0 aliphatic carbocycles. The zero-order chi connectivity index (χ0) is 21.7. The minimum atomic E-state index is -0.0611. The highest BCUT2D eigenvalue weighted by molar-refractivity contribution is 9.11. The Balaban J connectivity index is 1.89. The number of amidine groups is 1. The molecular formula is C22H20Br2N2O3S. The number of rotatable bonds is 7. The summed E-state index contributed by atoms with van der Waals surface area (Å²) in [5.74, 6) is 1.40. The quantitative estimate of drug-likeness (QED) is 0.295. The molecule has 5 nitrogen and oxygen atoms in total. The van der Waals surface area contributed by atoms with Crippen molar-refractivity contribution in [2.75, 3.05) is 20.3 Å². The van der Waals surface area contributed by atoms with Gasteiger partial charge in [-0.2, -0.15) is 0 Å². The van der Waals surface area contributed by atoms with Gasteiger partial charge in [0.1, 0.15) is 18.1 Å². The van der Waals surface area contributed by atoms with Crippen molar-refractivity contribution in [3.63, 3.8) is 0 Å². The number of carbonyl (C=O) groups excluding carboxylic acids is 1. The number of methoxy groups -OCH3 is 1. The van der Waals surface area contributed by atoms with E-state index in [1.54, 1.807) is 18.1 Å². The molecule has 2 aromatic rings. The Hall–Kier alpha value is -2.03. The van der Waals surface area contributed by atoms with Crippen LogP contribution in [0.2, 0.25) is 0 Å². The van der Waals surface area contributed by atoms with Gasteiger partial charge in [0, 0.05) is 6.54 Å². The first-order valence-electron chi connectivity index (χ1n) is 9.13. The van der Waals surface area contributed by atoms with Crippen LogP contribution < -0.4 is 9.47 Å². The molecule has 3 rings (SSSR count). The van der Waals surface area contributed by atoms with E-state index in [0.717, 1.165) is 25.9 Å². The molecule has 1 amide bonds. The Morgan fingerprint density at radius 1 is 1.20 bits per heavy atom. The third kappa shape index (κ3) is 5.17. The molecule has 1 fully saturated rings. The summed E-state index contributed by atoms with van der Waals surface area (Å²) in [5, 5.41) is 0.656. The van der Waals surface area contributed by atoms with Gasteiger partial charge in [0.25, 0.3) is 5.91 Å². The molecule has 0 atom stereocenters. The minimum Gasteiger partial charge on any atom is -0.497 e. The van der Waals surface area contributed by atoms with E-state index in [2.05, 4.69) is 43.4 Å². The fourth-order valence-electron chi connectivity index (χ4n) is 2.73. The van der Waals surface area contributed by atoms with Gasteiger partial charge in [-0.05, 0) is 98.6 Å². The number of thioether (sulfide) groups is 1. The molecule has 0 bridgehead atoms. The van der Waals surface area contributed by atoms with E-state index in [0.29, 0.717) is 29.0 Å². The molecule has 30 heavy (non-hydrogen) atoms. The Labute approximate surface area is 197 Å². The van der Waals surface area contributed by atoms with Gasteiger partial charge in [0.15, 0.2) is 5.17 Å². The van der Waals surface area contributed by atoms with Gasteiger partial charge in [-0.1, -0.05) is 12.7 Å². The van der Waals surface area contributed by atoms with Crippen molar-refractivity contribution in [2.24, 2.45) is 4.99 Å². The van der Waals surface area contributed by atoms with Gasteiger partial charge in [-0.15, -0.1) is 0 Å². The number of ether oxygens (including phenoxy) is 2. The predicted molar refractivity (Wildman–Crippen MR) is 131 cm³/mol. The standard InChI is InChI=1S/C22H20Br2N2O3S/c1-4-10-29-20-17(23)11-14(12-18(20)24)13-19-21(27)26(5-2)22(30-19)25-15-6-8-16(28-3)9-7-15/h4,6-9,11-13H,1,5,10H2,2-3H3/b19-13-,25-22?. The minimum absolute atomic E-state index is 0.0611. The monoisotopic (exact) mass is 550 g/mol. The Kier molecular flexibility index (Phi) is 7.80. The third-order valence-corrected chi connectivity index (χ3v) is 6.35. The largest absolute Gasteiger partial charge is 0.497 e. The van der Waals surface area contributed by atoms with Crippen LogP contribution >= 0.6 is 43.6 Å². The lowest BCUT2D eigenvalue weighted by Gasteiger charge is -2.12. The van der Waals surface area contributed by atoms with Crippen LogP contribution in [0.5, 0.6) is 11.5 Å². The molecule has 8 heteroatoms. The zero-order valence-corrected chi connectivity index (χ0v) is 20.5. The number of likely N-dealkylation sites (N-methyl/N-ethyl adjacent to an activating group) is 1. The molecule has 156 valence electrons. The van der Waals surface area contributed by atoms with E-state index in [1.807, 2.05) is 49.4 Å². The highest BCUT2D eigenvalue weighted by Gasteiger charge is 2.32. The van der Waals surface area contributed by atoms with E-state index in [9.17, 15) is 4.79 Å². The summed E-state index contributed by atoms with van der Waals surface area (Å²) in [6.07, 6.45) is 3.55. The summed E-state index contributed by atoms with van der Waals surface area (Å²) >= 11 is 8.42. The normalized spacial score (nSPS) is 16.4. The van der Waals surface area contributed by atoms with E-state index >= 15 is 0 Å². The average Bonchev–Trinajstić information content (AvgIpc) is 3.02. The molecule has 1 saturated heterocycles. The smallest absolute Gasteiger partial charge is 0.266 e. The number of carbonyl (C=O) groups is 1. The maximum absolute atomic E-state index is 12.9. The molecule has 0 saturated carbocycles. The summed E-state index contributed by atoms with van der Waals surface area (Å²) in [4.78, 5) is 19.8. The molecule has 0 spiro atoms. The molecule has 0 aromatic heterocycles. The van der Waals surface area contributed by atoms with Crippen molar-refractivity contribution in [3.8, 4) is 11.5 Å². The summed E-state index contributed by atoms with van der Waals surface area (Å²) in [7, 11) is 1.62. The van der Waals surface area contributed by atoms with Crippen LogP contribution in [-0.2, 0) is 4.79 Å². The van der Waals surface area contributed by atoms with Crippen LogP contribution in [0.1, 0.15) is 12.5 Å². The van der Waals surface area contributed by atoms with Crippen LogP contribution in [0, 0.1) is 0 Å². The summed E-state index contributed by atoms with van der Waals surface area (Å²) in [6.45, 7) is 6.54. The summed E-state index contributed by atoms with van der Waals surface area (Å²) in [6, 6.07) is 11.3. The van der Waals surface area contributed by atoms with Crippen molar-refractivity contribution in [2.45, 2.75) is 6.92 Å². The number of hydrogen-bond donors (Lipinski definition) is 0. The first-order valence-corrected chi connectivity index (χ1v) is 11.5. The van der Waals surface area contributed by atoms with E-state index in [-0.39, 0.29) is 5.91 Å². The van der Waals surface area contributed by atoms with Crippen LogP contribution in [0.15, 0.2) is 67.9 Å². The lowest BCUT2D eigenvalue weighted by molar-refractivity contribution is -0.122. The topological polar surface area (TPSA) is 51.1 Å². The van der Waals surface area contributed by atoms with Crippen LogP contribution in [-0.4, -0.2) is 36.2 Å². The fourth-order valence-corrected chi connectivity index (χ4v) is 5.25. The predicted octanol–water partition coefficient (Wildman–Crippen LogP) is 6.41. The molecule has 1 aliphatic rings. The van der Waals surface area contributed by atoms with Gasteiger partial charge in [0.05, 0.1) is 26.6 Å². The lowest BCUT2D eigenvalue weighted by atomic mass is 10.2. The number of nitrogens with zero attached hydrogens (tertiary/aromatic N) is 2. The number of aliphatic imine (C=N–C) groups is 1. The van der Waals surface area contributed by atoms with E-state index < -0.39 is 0 Å². The first kappa shape index (κ1) is 22.7. The summed E-state index contributed by atoms with van der Waals surface area (Å²) in [5.41, 5.74) is 1.64. The maximum atomic E-state index is 12.9. The van der Waals surface area contributed by atoms with Gasteiger partial charge in [0.2, 0.25) is 0 Å². The van der Waals surface area contributed by atoms with Gasteiger partial charge in [-0.3, -0.25) is 9.69 Å². The lowest BCUT2D eigenvalue weighted by Crippen LogP contribution is -2.28. The fraction of sp³-hybridized carbons (Fsp3) is 0.182. The highest BCUT2D eigenvalue weighted by Crippen LogP contribution is 2.38. The van der Waals surface area contributed by atoms with Gasteiger partial charge >= 0.3 is 0 Å². The third-order valence-electron chi connectivity index (χ3n) is 4.17. The van der Waals surface area contributed by atoms with Crippen LogP contribution in [0.25, 0.3) is 6.08 Å². The zero-order valence-electron chi connectivity index (χ0n) is 16.5. The van der Waals surface area contributed by atoms with Gasteiger partial charge in [-0.25, -0.2) is 4.99 Å². The molecule has 0 unspecified atom stereocenters. The Morgan fingerprint density at radius 3 is 2.43 bits per heavy atom. The molecular weight excluding hydrogens is 532 g/mol. The second-order valence-corrected chi connectivity index (χ2v) is 8.88. The molecule has 1 aliphatic heterocycles. The average molecular weight is 552 g/mol. The summed E-state index contributed by atoms with van der Waals surface area (Å²) < 4.78 is 12.4. The van der Waals surface area contributed by atoms with Crippen LogP contribution in [0.4, 0.5) is 5.69 Å². The number of hydrogen-bond acceptors (Lipinski definition) is 5. The van der Waals surface area contributed by atoms with Crippen LogP contribution in [0.3, 0.4) is 0 Å². The first-order chi connectivity index (χ1) is 14.5. The van der Waals surface area contributed by atoms with Gasteiger partial charge < -0.3 is 9.47 Å². The molecule has 0 N–H and O–H groups in total.